The summed E-state index contributed by atoms with van der Waals surface area (Å²) in [5.74, 6) is 1.30. The van der Waals surface area contributed by atoms with E-state index in [2.05, 4.69) is 84.9 Å². The van der Waals surface area contributed by atoms with Gasteiger partial charge in [0.15, 0.2) is 25.2 Å². The summed E-state index contributed by atoms with van der Waals surface area (Å²) in [6, 6.07) is 16.0. The van der Waals surface area contributed by atoms with Crippen molar-refractivity contribution >= 4 is 28.7 Å². The molecule has 2 aliphatic heterocycles. The van der Waals surface area contributed by atoms with E-state index in [4.69, 9.17) is 29.7 Å². The Labute approximate surface area is 427 Å². The smallest absolute Gasteiger partial charge is 0.226 e. The summed E-state index contributed by atoms with van der Waals surface area (Å²) < 4.78 is 24.1. The number of aliphatic imine (C=N–C) groups is 1. The molecule has 17 atom stereocenters. The molecule has 2 spiro atoms. The minimum atomic E-state index is -1.31. The Morgan fingerprint density at radius 1 is 0.736 bits per heavy atom. The number of rotatable bonds is 3. The number of hydrogen-bond donors (Lipinski definition) is 4. The first-order chi connectivity index (χ1) is 34.1. The lowest BCUT2D eigenvalue weighted by Crippen LogP contribution is -2.66. The molecule has 10 aliphatic rings. The maximum atomic E-state index is 12.9. The molecule has 72 heavy (non-hydrogen) atoms. The van der Waals surface area contributed by atoms with Crippen LogP contribution in [0.15, 0.2) is 101 Å². The number of carbonyl (C=O) groups excluding carboxylic acids is 2. The molecule has 11 nitrogen and oxygen atoms in total. The van der Waals surface area contributed by atoms with Crippen LogP contribution in [0.25, 0.3) is 0 Å². The van der Waals surface area contributed by atoms with E-state index in [-0.39, 0.29) is 65.1 Å². The minimum Gasteiger partial charge on any atom is -0.399 e. The monoisotopic (exact) mass is 985 g/mol. The molecule has 0 aromatic heterocycles. The quantitative estimate of drug-likeness (QED) is 0.217. The number of aliphatic hydroxyl groups is 3. The second-order valence-corrected chi connectivity index (χ2v) is 24.7. The predicted molar refractivity (Wildman–Crippen MR) is 279 cm³/mol. The molecule has 1 unspecified atom stereocenters. The van der Waals surface area contributed by atoms with Crippen LogP contribution in [0.2, 0.25) is 0 Å². The molecule has 2 heterocycles. The van der Waals surface area contributed by atoms with Crippen molar-refractivity contribution in [1.82, 2.24) is 0 Å². The van der Waals surface area contributed by atoms with Gasteiger partial charge in [-0.05, 0) is 149 Å². The third-order valence-electron chi connectivity index (χ3n) is 20.9. The van der Waals surface area contributed by atoms with Gasteiger partial charge in [0.1, 0.15) is 17.8 Å². The van der Waals surface area contributed by atoms with Gasteiger partial charge in [-0.2, -0.15) is 0 Å². The first-order valence-electron chi connectivity index (χ1n) is 27.0. The third kappa shape index (κ3) is 7.71. The van der Waals surface area contributed by atoms with Crippen LogP contribution in [0.3, 0.4) is 0 Å². The van der Waals surface area contributed by atoms with Gasteiger partial charge in [-0.1, -0.05) is 107 Å². The zero-order chi connectivity index (χ0) is 51.4. The van der Waals surface area contributed by atoms with Crippen molar-refractivity contribution < 1.29 is 43.9 Å². The number of ether oxygens (including phenoxy) is 4. The second-order valence-electron chi connectivity index (χ2n) is 24.7. The van der Waals surface area contributed by atoms with Gasteiger partial charge in [-0.25, -0.2) is 4.99 Å². The molecule has 5 N–H and O–H groups in total. The lowest BCUT2D eigenvalue weighted by molar-refractivity contribution is -0.257. The van der Waals surface area contributed by atoms with Crippen molar-refractivity contribution in [2.24, 2.45) is 74.0 Å². The highest BCUT2D eigenvalue weighted by Gasteiger charge is 2.77. The van der Waals surface area contributed by atoms with Crippen molar-refractivity contribution in [1.29, 1.82) is 0 Å². The maximum absolute atomic E-state index is 12.9. The number of aliphatic hydroxyl groups excluding tert-OH is 2. The fraction of sp³-hybridized carbons (Fsp3) is 0.623. The predicted octanol–water partition coefficient (Wildman–Crippen LogP) is 10.3. The Kier molecular flexibility index (Phi) is 13.1. The van der Waals surface area contributed by atoms with Crippen LogP contribution in [0.4, 0.5) is 11.4 Å². The van der Waals surface area contributed by atoms with E-state index in [1.165, 1.54) is 22.3 Å². The van der Waals surface area contributed by atoms with Crippen molar-refractivity contribution in [2.45, 2.75) is 149 Å². The average molecular weight is 985 g/mol. The average Bonchev–Trinajstić information content (AvgIpc) is 4.11. The van der Waals surface area contributed by atoms with E-state index in [1.54, 1.807) is 6.08 Å². The Morgan fingerprint density at radius 3 is 1.86 bits per heavy atom. The van der Waals surface area contributed by atoms with Crippen LogP contribution in [-0.4, -0.2) is 82.0 Å². The van der Waals surface area contributed by atoms with Gasteiger partial charge >= 0.3 is 0 Å². The first-order valence-corrected chi connectivity index (χ1v) is 27.0. The fourth-order valence-corrected chi connectivity index (χ4v) is 17.6. The van der Waals surface area contributed by atoms with Gasteiger partial charge < -0.3 is 40.0 Å². The van der Waals surface area contributed by atoms with Gasteiger partial charge in [0.25, 0.3) is 0 Å². The highest BCUT2D eigenvalue weighted by atomic mass is 16.9. The second kappa shape index (κ2) is 18.3. The van der Waals surface area contributed by atoms with E-state index in [9.17, 15) is 24.9 Å². The molecule has 388 valence electrons. The summed E-state index contributed by atoms with van der Waals surface area (Å²) in [6.07, 6.45) is 17.9. The van der Waals surface area contributed by atoms with Crippen molar-refractivity contribution in [3.8, 4) is 0 Å². The molecule has 2 saturated heterocycles. The van der Waals surface area contributed by atoms with E-state index in [0.717, 1.165) is 49.2 Å². The summed E-state index contributed by atoms with van der Waals surface area (Å²) >= 11 is 0. The highest BCUT2D eigenvalue weighted by molar-refractivity contribution is 6.07. The summed E-state index contributed by atoms with van der Waals surface area (Å²) in [6.45, 7) is 20.1. The fourth-order valence-electron chi connectivity index (χ4n) is 17.6. The number of ketones is 2. The molecule has 0 radical (unpaired) electrons. The lowest BCUT2D eigenvalue weighted by Gasteiger charge is -2.61. The number of nitrogens with zero attached hydrogens (tertiary/aromatic N) is 1. The number of fused-ring (bicyclic) bond motifs is 12. The standard InChI is InChI=1S/C30H39NO3.C24H32O6.C7H9N/c1-6-26(33)30(34)14-12-23-22-15-19(3)24-16-21(31-20-9-7-18(2)8-10-20)11-13-28(24,4)27(22)25(32)17-29(23,30)5;1-14-8-16-17-5-7-23(24(30-13-28-23)11-27-12-29-24)22(17,3)10-19(26)20(16)21(2)6-4-15(25)9-18(14)21;1-6-2-4-7(8)5-3-6/h7-11,13,16,19,22-23,25,27,32,34H,6,12,14-15,17H2,1-5H3;4,6,9,14,16-17,19-20,26H,5,7-8,10-13H2,1-3H3;2-5H,8H2,1H3/t19-,22-,23-,25-,27+,28-,29-,30-;14-,16-,17-,19-,20+,21-,22-,23+,24?;/m00./s1. The maximum Gasteiger partial charge on any atom is 0.226 e. The van der Waals surface area contributed by atoms with Crippen molar-refractivity contribution in [2.75, 3.05) is 25.9 Å². The van der Waals surface area contributed by atoms with E-state index in [0.29, 0.717) is 56.0 Å². The number of carbonyl (C=O) groups is 2. The largest absolute Gasteiger partial charge is 0.399 e. The first kappa shape index (κ1) is 51.4. The SMILES string of the molecule is CCC(=O)[C@@]1(O)CC[C@H]2[C@@H]3C[C@H](C)C4=CC(=Nc5ccc(C)cc5)C=C[C@]4(C)[C@H]3[C@@H](O)C[C@@]21C.C[C@H]1C[C@@H]2[C@H]([C@@H](O)C[C@@]3(C)[C@H]2CC[C@@]32OCOC23COCO3)[C@@]2(C)C=CC(=O)C=C12.Cc1ccc(N)cc1. The molecule has 11 heteroatoms. The summed E-state index contributed by atoms with van der Waals surface area (Å²) in [4.78, 5) is 29.8. The van der Waals surface area contributed by atoms with Crippen molar-refractivity contribution in [3.63, 3.8) is 0 Å². The van der Waals surface area contributed by atoms with Gasteiger partial charge in [-0.15, -0.1) is 0 Å². The number of aryl methyl sites for hydroxylation is 2. The summed E-state index contributed by atoms with van der Waals surface area (Å²) in [5.41, 5.74) is 9.93. The van der Waals surface area contributed by atoms with Crippen LogP contribution in [0.1, 0.15) is 117 Å². The molecule has 2 aromatic rings. The number of hydrogen-bond acceptors (Lipinski definition) is 11. The molecule has 2 aromatic carbocycles. The Bertz CT molecular complexity index is 2570. The highest BCUT2D eigenvalue weighted by Crippen LogP contribution is 2.72. The van der Waals surface area contributed by atoms with Crippen LogP contribution in [0.5, 0.6) is 0 Å². The molecule has 12 rings (SSSR count). The number of Topliss-reactive ketones (excluding diaryl/α,β-unsaturated/α-hetero) is 1. The Morgan fingerprint density at radius 2 is 1.28 bits per heavy atom. The number of benzene rings is 2. The Hall–Kier alpha value is -4.07. The summed E-state index contributed by atoms with van der Waals surface area (Å²) in [5, 5.41) is 34.8. The van der Waals surface area contributed by atoms with Gasteiger partial charge in [0.2, 0.25) is 5.79 Å². The van der Waals surface area contributed by atoms with Crippen LogP contribution in [0, 0.1) is 82.9 Å². The zero-order valence-electron chi connectivity index (χ0n) is 44.2. The van der Waals surface area contributed by atoms with Crippen LogP contribution >= 0.6 is 0 Å². The lowest BCUT2D eigenvalue weighted by atomic mass is 9.44. The molecule has 0 bridgehead atoms. The van der Waals surface area contributed by atoms with E-state index < -0.39 is 34.6 Å². The van der Waals surface area contributed by atoms with Crippen LogP contribution in [-0.2, 0) is 28.5 Å². The molecular formula is C61H80N2O9. The topological polar surface area (TPSA) is 170 Å². The van der Waals surface area contributed by atoms with Crippen molar-refractivity contribution in [3.05, 3.63) is 107 Å². The number of allylic oxidation sites excluding steroid dienone is 8. The number of nitrogen functional groups attached to an aromatic ring is 1. The van der Waals surface area contributed by atoms with Gasteiger partial charge in [0.05, 0.1) is 23.6 Å². The van der Waals surface area contributed by atoms with Crippen LogP contribution < -0.4 is 5.73 Å². The van der Waals surface area contributed by atoms with E-state index >= 15 is 0 Å². The molecule has 6 saturated carbocycles. The van der Waals surface area contributed by atoms with E-state index in [1.807, 2.05) is 56.3 Å². The van der Waals surface area contributed by atoms with Gasteiger partial charge in [-0.3, -0.25) is 9.59 Å². The number of anilines is 1. The summed E-state index contributed by atoms with van der Waals surface area (Å²) in [7, 11) is 0. The molecule has 0 amide bonds. The molecular weight excluding hydrogens is 905 g/mol. The molecule has 8 aliphatic carbocycles. The third-order valence-corrected chi connectivity index (χ3v) is 20.9. The normalized spacial score (nSPS) is 45.6. The van der Waals surface area contributed by atoms with Gasteiger partial charge in [0, 0.05) is 45.6 Å². The minimum absolute atomic E-state index is 0.0617. The number of nitrogens with two attached hydrogens (primary N) is 1. The zero-order valence-corrected chi connectivity index (χ0v) is 44.2. The Balaban J connectivity index is 0.000000144. The molecule has 8 fully saturated rings.